The maximum absolute atomic E-state index is 14.1. The van der Waals surface area contributed by atoms with Gasteiger partial charge in [-0.05, 0) is 24.8 Å². The predicted molar refractivity (Wildman–Crippen MR) is 118 cm³/mol. The van der Waals surface area contributed by atoms with Crippen LogP contribution < -0.4 is 11.1 Å². The number of rotatable bonds is 6. The maximum Gasteiger partial charge on any atom is 0.243 e. The smallest absolute Gasteiger partial charge is 0.243 e. The fraction of sp³-hybridized carbons (Fsp3) is 0.429. The summed E-state index contributed by atoms with van der Waals surface area (Å²) in [7, 11) is 1.42. The molecule has 0 aromatic carbocycles. The normalized spacial score (nSPS) is 14.2. The van der Waals surface area contributed by atoms with Crippen LogP contribution in [0, 0.1) is 11.7 Å². The second-order valence-corrected chi connectivity index (χ2v) is 7.86. The van der Waals surface area contributed by atoms with E-state index in [1.54, 1.807) is 18.5 Å². The highest BCUT2D eigenvalue weighted by atomic mass is 35.5. The molecule has 0 aliphatic heterocycles. The van der Waals surface area contributed by atoms with Crippen molar-refractivity contribution < 1.29 is 13.9 Å². The van der Waals surface area contributed by atoms with Crippen LogP contribution in [0.3, 0.4) is 0 Å². The second-order valence-electron chi connectivity index (χ2n) is 7.43. The molecule has 166 valence electrons. The quantitative estimate of drug-likeness (QED) is 0.525. The molecule has 1 fully saturated rings. The molecule has 1 amide bonds. The zero-order valence-electron chi connectivity index (χ0n) is 17.3. The fourth-order valence-corrected chi connectivity index (χ4v) is 3.72. The van der Waals surface area contributed by atoms with Gasteiger partial charge in [-0.15, -0.1) is 0 Å². The molecule has 0 saturated heterocycles. The van der Waals surface area contributed by atoms with Gasteiger partial charge in [0, 0.05) is 37.0 Å². The van der Waals surface area contributed by atoms with E-state index in [4.69, 9.17) is 11.6 Å². The van der Waals surface area contributed by atoms with Crippen LogP contribution in [0.5, 0.6) is 0 Å². The number of pyridine rings is 1. The standard InChI is InChI=1S/C18H19ClFN5.C3H7NO2/c19-12-6-13-14(9-23-16(13)22-8-12)17-24-10-15(20)18(25-17)21-7-11-4-2-1-3-5-11;1-6-2-3(4)5/h6,8-11H,1-5,7H2,(H,22,23)(H,21,24,25);2H2,1H3,(H2,4,5). The lowest BCUT2D eigenvalue weighted by Crippen LogP contribution is -2.18. The van der Waals surface area contributed by atoms with Crippen molar-refractivity contribution in [3.05, 3.63) is 35.5 Å². The zero-order valence-corrected chi connectivity index (χ0v) is 18.1. The first-order valence-electron chi connectivity index (χ1n) is 10.1. The second kappa shape index (κ2) is 11.0. The first-order valence-corrected chi connectivity index (χ1v) is 10.5. The number of nitrogens with one attached hydrogen (secondary N) is 2. The highest BCUT2D eigenvalue weighted by Crippen LogP contribution is 2.29. The van der Waals surface area contributed by atoms with Gasteiger partial charge in [0.15, 0.2) is 17.5 Å². The van der Waals surface area contributed by atoms with Crippen molar-refractivity contribution in [1.29, 1.82) is 0 Å². The molecule has 10 heteroatoms. The summed E-state index contributed by atoms with van der Waals surface area (Å²) in [4.78, 5) is 25.5. The Labute approximate surface area is 184 Å². The number of fused-ring (bicyclic) bond motifs is 1. The molecule has 0 atom stereocenters. The summed E-state index contributed by atoms with van der Waals surface area (Å²) in [6.45, 7) is 0.759. The summed E-state index contributed by atoms with van der Waals surface area (Å²) in [5.41, 5.74) is 6.09. The lowest BCUT2D eigenvalue weighted by molar-refractivity contribution is -0.121. The molecule has 1 aliphatic carbocycles. The third-order valence-electron chi connectivity index (χ3n) is 5.05. The Bertz CT molecular complexity index is 1020. The van der Waals surface area contributed by atoms with Crippen molar-refractivity contribution in [3.63, 3.8) is 0 Å². The van der Waals surface area contributed by atoms with Crippen molar-refractivity contribution in [1.82, 2.24) is 19.9 Å². The molecule has 1 aliphatic rings. The van der Waals surface area contributed by atoms with Crippen LogP contribution >= 0.6 is 11.6 Å². The average Bonchev–Trinajstić information content (AvgIpc) is 3.17. The Morgan fingerprint density at radius 2 is 2.10 bits per heavy atom. The van der Waals surface area contributed by atoms with E-state index in [0.29, 0.717) is 22.4 Å². The number of nitrogens with zero attached hydrogens (tertiary/aromatic N) is 3. The molecule has 3 aromatic rings. The number of hydrogen-bond donors (Lipinski definition) is 3. The number of carbonyl (C=O) groups is 1. The Kier molecular flexibility index (Phi) is 8.13. The Hall–Kier alpha value is -2.78. The van der Waals surface area contributed by atoms with Crippen LogP contribution in [0.1, 0.15) is 32.1 Å². The number of aromatic amines is 1. The minimum absolute atomic E-state index is 0.0139. The lowest BCUT2D eigenvalue weighted by Gasteiger charge is -2.22. The van der Waals surface area contributed by atoms with Crippen molar-refractivity contribution >= 4 is 34.4 Å². The number of anilines is 1. The topological polar surface area (TPSA) is 119 Å². The molecule has 4 N–H and O–H groups in total. The van der Waals surface area contributed by atoms with Crippen molar-refractivity contribution in [2.45, 2.75) is 32.1 Å². The Balaban J connectivity index is 0.000000401. The van der Waals surface area contributed by atoms with Crippen LogP contribution in [0.25, 0.3) is 22.4 Å². The fourth-order valence-electron chi connectivity index (χ4n) is 3.56. The summed E-state index contributed by atoms with van der Waals surface area (Å²) in [5.74, 6) is 0.415. The number of ether oxygens (including phenoxy) is 1. The van der Waals surface area contributed by atoms with Crippen LogP contribution in [-0.2, 0) is 9.53 Å². The van der Waals surface area contributed by atoms with Crippen molar-refractivity contribution in [2.75, 3.05) is 25.6 Å². The summed E-state index contributed by atoms with van der Waals surface area (Å²) in [6, 6.07) is 1.80. The van der Waals surface area contributed by atoms with Gasteiger partial charge >= 0.3 is 0 Å². The number of aromatic nitrogens is 4. The molecule has 31 heavy (non-hydrogen) atoms. The third-order valence-corrected chi connectivity index (χ3v) is 5.26. The molecule has 0 unspecified atom stereocenters. The first-order chi connectivity index (χ1) is 15.0. The van der Waals surface area contributed by atoms with Crippen LogP contribution in [-0.4, -0.2) is 46.1 Å². The summed E-state index contributed by atoms with van der Waals surface area (Å²) >= 11 is 6.04. The SMILES string of the molecule is COCC(N)=O.Fc1cnc(-c2c[nH]c3ncc(Cl)cc23)nc1NCC1CCCCC1. The largest absolute Gasteiger partial charge is 0.375 e. The van der Waals surface area contributed by atoms with E-state index in [0.717, 1.165) is 17.5 Å². The molecule has 0 radical (unpaired) electrons. The first kappa shape index (κ1) is 22.9. The summed E-state index contributed by atoms with van der Waals surface area (Å²) in [5, 5.41) is 4.52. The van der Waals surface area contributed by atoms with Crippen LogP contribution in [0.4, 0.5) is 10.2 Å². The van der Waals surface area contributed by atoms with E-state index < -0.39 is 11.7 Å². The Morgan fingerprint density at radius 3 is 2.77 bits per heavy atom. The van der Waals surface area contributed by atoms with Gasteiger partial charge in [0.25, 0.3) is 0 Å². The molecule has 1 saturated carbocycles. The van der Waals surface area contributed by atoms with Gasteiger partial charge in [-0.3, -0.25) is 4.79 Å². The molecular weight excluding hydrogens is 423 g/mol. The van der Waals surface area contributed by atoms with E-state index in [1.807, 2.05) is 0 Å². The Morgan fingerprint density at radius 1 is 1.32 bits per heavy atom. The van der Waals surface area contributed by atoms with Crippen LogP contribution in [0.2, 0.25) is 5.02 Å². The van der Waals surface area contributed by atoms with Gasteiger partial charge in [0.2, 0.25) is 5.91 Å². The highest BCUT2D eigenvalue weighted by Gasteiger charge is 2.16. The molecule has 3 aromatic heterocycles. The molecular formula is C21H26ClFN6O2. The molecule has 3 heterocycles. The number of H-pyrrole nitrogens is 1. The molecule has 8 nitrogen and oxygen atoms in total. The van der Waals surface area contributed by atoms with Gasteiger partial charge in [0.05, 0.1) is 11.2 Å². The third kappa shape index (κ3) is 6.35. The van der Waals surface area contributed by atoms with E-state index in [9.17, 15) is 9.18 Å². The minimum atomic E-state index is -0.435. The average molecular weight is 449 g/mol. The number of halogens is 2. The van der Waals surface area contributed by atoms with E-state index in [1.165, 1.54) is 45.4 Å². The zero-order chi connectivity index (χ0) is 22.2. The number of nitrogens with two attached hydrogens (primary N) is 1. The summed E-state index contributed by atoms with van der Waals surface area (Å²) in [6.07, 6.45) is 10.8. The van der Waals surface area contributed by atoms with Gasteiger partial charge < -0.3 is 20.8 Å². The molecule has 0 spiro atoms. The number of primary amides is 1. The predicted octanol–water partition coefficient (Wildman–Crippen LogP) is 3.92. The van der Waals surface area contributed by atoms with E-state index in [-0.39, 0.29) is 12.4 Å². The molecule has 0 bridgehead atoms. The lowest BCUT2D eigenvalue weighted by atomic mass is 9.89. The number of amides is 1. The highest BCUT2D eigenvalue weighted by molar-refractivity contribution is 6.31. The molecule has 4 rings (SSSR count). The minimum Gasteiger partial charge on any atom is -0.375 e. The number of carbonyl (C=O) groups excluding carboxylic acids is 1. The van der Waals surface area contributed by atoms with E-state index >= 15 is 0 Å². The van der Waals surface area contributed by atoms with Crippen molar-refractivity contribution in [2.24, 2.45) is 11.7 Å². The monoisotopic (exact) mass is 448 g/mol. The summed E-state index contributed by atoms with van der Waals surface area (Å²) < 4.78 is 18.4. The van der Waals surface area contributed by atoms with E-state index in [2.05, 4.69) is 35.7 Å². The van der Waals surface area contributed by atoms with Crippen LogP contribution in [0.15, 0.2) is 24.7 Å². The van der Waals surface area contributed by atoms with Crippen molar-refractivity contribution in [3.8, 4) is 11.4 Å². The maximum atomic E-state index is 14.1. The number of methoxy groups -OCH3 is 1. The van der Waals surface area contributed by atoms with Gasteiger partial charge in [-0.25, -0.2) is 19.3 Å². The number of hydrogen-bond acceptors (Lipinski definition) is 6. The van der Waals surface area contributed by atoms with Gasteiger partial charge in [0.1, 0.15) is 12.3 Å². The van der Waals surface area contributed by atoms with Gasteiger partial charge in [-0.1, -0.05) is 30.9 Å². The van der Waals surface area contributed by atoms with Gasteiger partial charge in [-0.2, -0.15) is 0 Å².